The standard InChI is InChI=1S/C23H28FN7/c24-20-7-5-19(6-8-20)22(23-26-27-28-31(23)21-3-1-2-4-21)30-15-13-29(14-16-30)17-18-9-11-25-12-10-18/h5-12,21-22H,1-4,13-17H2. The molecule has 1 saturated heterocycles. The van der Waals surface area contributed by atoms with Gasteiger partial charge in [0.15, 0.2) is 5.82 Å². The van der Waals surface area contributed by atoms with Crippen LogP contribution in [0.4, 0.5) is 4.39 Å². The zero-order chi connectivity index (χ0) is 21.0. The molecule has 3 aromatic rings. The van der Waals surface area contributed by atoms with Crippen molar-refractivity contribution >= 4 is 0 Å². The molecule has 31 heavy (non-hydrogen) atoms. The predicted octanol–water partition coefficient (Wildman–Crippen LogP) is 3.23. The van der Waals surface area contributed by atoms with Crippen molar-refractivity contribution in [3.8, 4) is 0 Å². The summed E-state index contributed by atoms with van der Waals surface area (Å²) in [4.78, 5) is 9.01. The zero-order valence-corrected chi connectivity index (χ0v) is 17.6. The minimum atomic E-state index is -0.222. The van der Waals surface area contributed by atoms with Crippen LogP contribution >= 0.6 is 0 Å². The third-order valence-corrected chi connectivity index (χ3v) is 6.55. The second kappa shape index (κ2) is 9.20. The molecule has 1 unspecified atom stereocenters. The number of halogens is 1. The average Bonchev–Trinajstić information content (AvgIpc) is 3.49. The van der Waals surface area contributed by atoms with Crippen LogP contribution in [0.25, 0.3) is 0 Å². The molecule has 1 atom stereocenters. The van der Waals surface area contributed by atoms with E-state index in [2.05, 4.69) is 42.4 Å². The van der Waals surface area contributed by atoms with Gasteiger partial charge < -0.3 is 0 Å². The van der Waals surface area contributed by atoms with E-state index in [1.807, 2.05) is 29.2 Å². The Labute approximate surface area is 181 Å². The molecule has 1 saturated carbocycles. The fourth-order valence-electron chi connectivity index (χ4n) is 4.88. The van der Waals surface area contributed by atoms with Crippen molar-refractivity contribution in [3.05, 3.63) is 71.6 Å². The predicted molar refractivity (Wildman–Crippen MR) is 115 cm³/mol. The van der Waals surface area contributed by atoms with Crippen molar-refractivity contribution in [1.29, 1.82) is 0 Å². The quantitative estimate of drug-likeness (QED) is 0.609. The summed E-state index contributed by atoms with van der Waals surface area (Å²) in [7, 11) is 0. The van der Waals surface area contributed by atoms with Crippen molar-refractivity contribution in [2.45, 2.75) is 44.3 Å². The summed E-state index contributed by atoms with van der Waals surface area (Å²) < 4.78 is 15.7. The third kappa shape index (κ3) is 4.50. The Morgan fingerprint density at radius 3 is 2.35 bits per heavy atom. The molecule has 1 aliphatic carbocycles. The van der Waals surface area contributed by atoms with E-state index in [0.29, 0.717) is 6.04 Å². The lowest BCUT2D eigenvalue weighted by molar-refractivity contribution is 0.0993. The van der Waals surface area contributed by atoms with Crippen molar-refractivity contribution in [3.63, 3.8) is 0 Å². The first kappa shape index (κ1) is 20.2. The van der Waals surface area contributed by atoms with Gasteiger partial charge in [0.2, 0.25) is 0 Å². The Morgan fingerprint density at radius 2 is 1.65 bits per heavy atom. The summed E-state index contributed by atoms with van der Waals surface area (Å²) in [5.41, 5.74) is 2.32. The van der Waals surface area contributed by atoms with E-state index in [1.54, 1.807) is 0 Å². The number of nitrogens with zero attached hydrogens (tertiary/aromatic N) is 7. The van der Waals surface area contributed by atoms with Gasteiger partial charge in [-0.15, -0.1) is 5.10 Å². The fourth-order valence-corrected chi connectivity index (χ4v) is 4.88. The van der Waals surface area contributed by atoms with Gasteiger partial charge in [0.25, 0.3) is 0 Å². The number of benzene rings is 1. The van der Waals surface area contributed by atoms with Crippen LogP contribution in [0.5, 0.6) is 0 Å². The van der Waals surface area contributed by atoms with Crippen LogP contribution in [-0.2, 0) is 6.54 Å². The molecule has 0 bridgehead atoms. The number of rotatable bonds is 6. The Bertz CT molecular complexity index is 961. The highest BCUT2D eigenvalue weighted by Gasteiger charge is 2.33. The van der Waals surface area contributed by atoms with Crippen LogP contribution in [0.1, 0.15) is 54.7 Å². The summed E-state index contributed by atoms with van der Waals surface area (Å²) in [6.45, 7) is 4.67. The number of tetrazole rings is 1. The maximum absolute atomic E-state index is 13.6. The molecule has 5 rings (SSSR count). The Hall–Kier alpha value is -2.71. The Kier molecular flexibility index (Phi) is 5.99. The number of aromatic nitrogens is 5. The molecule has 162 valence electrons. The average molecular weight is 422 g/mol. The number of pyridine rings is 1. The first-order valence-electron chi connectivity index (χ1n) is 11.2. The summed E-state index contributed by atoms with van der Waals surface area (Å²) in [5.74, 6) is 0.654. The van der Waals surface area contributed by atoms with Gasteiger partial charge in [0.05, 0.1) is 12.1 Å². The summed E-state index contributed by atoms with van der Waals surface area (Å²) in [6.07, 6.45) is 8.37. The molecular weight excluding hydrogens is 393 g/mol. The molecule has 7 nitrogen and oxygen atoms in total. The monoisotopic (exact) mass is 421 g/mol. The lowest BCUT2D eigenvalue weighted by Gasteiger charge is -2.39. The second-order valence-electron chi connectivity index (χ2n) is 8.54. The van der Waals surface area contributed by atoms with E-state index >= 15 is 0 Å². The van der Waals surface area contributed by atoms with Gasteiger partial charge in [-0.25, -0.2) is 9.07 Å². The van der Waals surface area contributed by atoms with Crippen LogP contribution in [-0.4, -0.2) is 61.2 Å². The lowest BCUT2D eigenvalue weighted by Crippen LogP contribution is -2.48. The highest BCUT2D eigenvalue weighted by Crippen LogP contribution is 2.34. The largest absolute Gasteiger partial charge is 0.297 e. The van der Waals surface area contributed by atoms with Crippen LogP contribution in [0.15, 0.2) is 48.8 Å². The highest BCUT2D eigenvalue weighted by molar-refractivity contribution is 5.26. The van der Waals surface area contributed by atoms with Gasteiger partial charge in [-0.05, 0) is 58.7 Å². The maximum atomic E-state index is 13.6. The van der Waals surface area contributed by atoms with Gasteiger partial charge in [0.1, 0.15) is 5.82 Å². The summed E-state index contributed by atoms with van der Waals surface area (Å²) in [5, 5.41) is 12.9. The van der Waals surface area contributed by atoms with Gasteiger partial charge in [-0.2, -0.15) is 0 Å². The highest BCUT2D eigenvalue weighted by atomic mass is 19.1. The molecule has 2 aliphatic rings. The molecule has 8 heteroatoms. The Morgan fingerprint density at radius 1 is 0.935 bits per heavy atom. The zero-order valence-electron chi connectivity index (χ0n) is 17.6. The SMILES string of the molecule is Fc1ccc(C(c2nnnn2C2CCCC2)N2CCN(Cc3ccncc3)CC2)cc1. The van der Waals surface area contributed by atoms with Crippen LogP contribution in [0.2, 0.25) is 0 Å². The van der Waals surface area contributed by atoms with Crippen molar-refractivity contribution in [2.24, 2.45) is 0 Å². The molecule has 0 N–H and O–H groups in total. The summed E-state index contributed by atoms with van der Waals surface area (Å²) in [6, 6.07) is 11.2. The van der Waals surface area contributed by atoms with Gasteiger partial charge in [0, 0.05) is 45.1 Å². The lowest BCUT2D eigenvalue weighted by atomic mass is 10.0. The first-order chi connectivity index (χ1) is 15.3. The van der Waals surface area contributed by atoms with E-state index < -0.39 is 0 Å². The number of hydrogen-bond acceptors (Lipinski definition) is 6. The van der Waals surface area contributed by atoms with E-state index in [0.717, 1.165) is 57.0 Å². The topological polar surface area (TPSA) is 63.0 Å². The molecule has 0 spiro atoms. The smallest absolute Gasteiger partial charge is 0.173 e. The molecule has 2 fully saturated rings. The van der Waals surface area contributed by atoms with Crippen molar-refractivity contribution < 1.29 is 4.39 Å². The van der Waals surface area contributed by atoms with Crippen LogP contribution < -0.4 is 0 Å². The van der Waals surface area contributed by atoms with E-state index in [-0.39, 0.29) is 11.9 Å². The maximum Gasteiger partial charge on any atom is 0.173 e. The van der Waals surface area contributed by atoms with E-state index in [4.69, 9.17) is 0 Å². The minimum Gasteiger partial charge on any atom is -0.297 e. The normalized spacial score (nSPS) is 19.6. The summed E-state index contributed by atoms with van der Waals surface area (Å²) >= 11 is 0. The van der Waals surface area contributed by atoms with Crippen molar-refractivity contribution in [1.82, 2.24) is 35.0 Å². The first-order valence-corrected chi connectivity index (χ1v) is 11.2. The Balaban J connectivity index is 1.37. The number of piperazine rings is 1. The van der Waals surface area contributed by atoms with Gasteiger partial charge in [-0.1, -0.05) is 25.0 Å². The van der Waals surface area contributed by atoms with Crippen LogP contribution in [0.3, 0.4) is 0 Å². The number of hydrogen-bond donors (Lipinski definition) is 0. The molecule has 1 aromatic carbocycles. The third-order valence-electron chi connectivity index (χ3n) is 6.55. The van der Waals surface area contributed by atoms with E-state index in [9.17, 15) is 4.39 Å². The van der Waals surface area contributed by atoms with Crippen molar-refractivity contribution in [2.75, 3.05) is 26.2 Å². The molecule has 2 aromatic heterocycles. The van der Waals surface area contributed by atoms with Gasteiger partial charge >= 0.3 is 0 Å². The molecule has 0 radical (unpaired) electrons. The van der Waals surface area contributed by atoms with E-state index in [1.165, 1.54) is 30.5 Å². The fraction of sp³-hybridized carbons (Fsp3) is 0.478. The van der Waals surface area contributed by atoms with Gasteiger partial charge in [-0.3, -0.25) is 14.8 Å². The molecule has 3 heterocycles. The molecular formula is C23H28FN7. The minimum absolute atomic E-state index is 0.0701. The molecule has 1 aliphatic heterocycles. The van der Waals surface area contributed by atoms with Crippen LogP contribution in [0, 0.1) is 5.82 Å². The second-order valence-corrected chi connectivity index (χ2v) is 8.54. The molecule has 0 amide bonds.